The first-order valence-electron chi connectivity index (χ1n) is 7.87. The molecule has 0 saturated carbocycles. The number of hydrogen-bond donors (Lipinski definition) is 1. The summed E-state index contributed by atoms with van der Waals surface area (Å²) in [4.78, 5) is 3.78. The summed E-state index contributed by atoms with van der Waals surface area (Å²) in [5.74, 6) is 0. The number of rotatable bonds is 10. The van der Waals surface area contributed by atoms with Crippen LogP contribution in [0.5, 0.6) is 0 Å². The van der Waals surface area contributed by atoms with Crippen LogP contribution in [0, 0.1) is 0 Å². The number of unbranched alkanes of at least 4 members (excludes halogenated alkanes) is 9. The van der Waals surface area contributed by atoms with E-state index >= 15 is 0 Å². The Bertz CT molecular complexity index is 202. The van der Waals surface area contributed by atoms with E-state index in [0.29, 0.717) is 6.61 Å². The summed E-state index contributed by atoms with van der Waals surface area (Å²) >= 11 is 0. The van der Waals surface area contributed by atoms with Gasteiger partial charge >= 0.3 is 0 Å². The van der Waals surface area contributed by atoms with Gasteiger partial charge in [-0.25, -0.2) is 0 Å². The number of pyridine rings is 1. The third-order valence-electron chi connectivity index (χ3n) is 3.08. The Hall–Kier alpha value is -0.890. The Morgan fingerprint density at radius 3 is 1.47 bits per heavy atom. The molecular formula is C17H31NO. The van der Waals surface area contributed by atoms with Gasteiger partial charge in [-0.05, 0) is 18.6 Å². The summed E-state index contributed by atoms with van der Waals surface area (Å²) in [7, 11) is 0. The highest BCUT2D eigenvalue weighted by Crippen LogP contribution is 2.09. The summed E-state index contributed by atoms with van der Waals surface area (Å²) in [5, 5.41) is 8.57. The Morgan fingerprint density at radius 2 is 1.16 bits per heavy atom. The summed E-state index contributed by atoms with van der Waals surface area (Å²) in [6.07, 6.45) is 16.8. The van der Waals surface area contributed by atoms with Crippen molar-refractivity contribution in [2.45, 2.75) is 71.1 Å². The van der Waals surface area contributed by atoms with Crippen LogP contribution in [0.1, 0.15) is 71.1 Å². The molecule has 0 aliphatic heterocycles. The van der Waals surface area contributed by atoms with Crippen molar-refractivity contribution in [2.24, 2.45) is 0 Å². The van der Waals surface area contributed by atoms with Crippen LogP contribution in [0.2, 0.25) is 0 Å². The minimum Gasteiger partial charge on any atom is -0.396 e. The number of nitrogens with zero attached hydrogens (tertiary/aromatic N) is 1. The van der Waals surface area contributed by atoms with E-state index < -0.39 is 0 Å². The van der Waals surface area contributed by atoms with Crippen LogP contribution in [-0.2, 0) is 0 Å². The first-order chi connectivity index (χ1) is 9.41. The molecule has 0 amide bonds. The molecule has 0 atom stereocenters. The number of aromatic nitrogens is 1. The van der Waals surface area contributed by atoms with E-state index in [1.165, 1.54) is 57.8 Å². The van der Waals surface area contributed by atoms with Gasteiger partial charge in [0.05, 0.1) is 0 Å². The highest BCUT2D eigenvalue weighted by Gasteiger charge is 1.91. The van der Waals surface area contributed by atoms with E-state index in [1.807, 2.05) is 18.2 Å². The molecule has 0 radical (unpaired) electrons. The summed E-state index contributed by atoms with van der Waals surface area (Å²) in [5.41, 5.74) is 0. The van der Waals surface area contributed by atoms with Crippen LogP contribution in [0.15, 0.2) is 30.6 Å². The third kappa shape index (κ3) is 17.1. The number of aliphatic hydroxyl groups excluding tert-OH is 1. The predicted molar refractivity (Wildman–Crippen MR) is 83.2 cm³/mol. The minimum absolute atomic E-state index is 0.372. The molecule has 0 saturated heterocycles. The van der Waals surface area contributed by atoms with Gasteiger partial charge in [-0.15, -0.1) is 0 Å². The van der Waals surface area contributed by atoms with Crippen molar-refractivity contribution in [2.75, 3.05) is 6.61 Å². The Balaban J connectivity index is 0.000000443. The number of hydrogen-bond acceptors (Lipinski definition) is 2. The third-order valence-corrected chi connectivity index (χ3v) is 3.08. The average Bonchev–Trinajstić information content (AvgIpc) is 2.48. The van der Waals surface area contributed by atoms with Crippen molar-refractivity contribution in [3.63, 3.8) is 0 Å². The fourth-order valence-electron chi connectivity index (χ4n) is 1.91. The van der Waals surface area contributed by atoms with Gasteiger partial charge in [0, 0.05) is 19.0 Å². The summed E-state index contributed by atoms with van der Waals surface area (Å²) < 4.78 is 0. The van der Waals surface area contributed by atoms with Crippen LogP contribution >= 0.6 is 0 Å². The molecule has 1 aromatic rings. The minimum atomic E-state index is 0.372. The Labute approximate surface area is 119 Å². The molecule has 0 aliphatic rings. The van der Waals surface area contributed by atoms with Crippen LogP contribution in [-0.4, -0.2) is 16.7 Å². The molecule has 1 N–H and O–H groups in total. The molecule has 0 aromatic carbocycles. The Kier molecular flexibility index (Phi) is 16.3. The van der Waals surface area contributed by atoms with Gasteiger partial charge in [0.25, 0.3) is 0 Å². The maximum Gasteiger partial charge on any atom is 0.0431 e. The SMILES string of the molecule is CCCCCCCCCCCCO.c1ccncc1. The van der Waals surface area contributed by atoms with Gasteiger partial charge in [0.15, 0.2) is 0 Å². The van der Waals surface area contributed by atoms with Gasteiger partial charge in [0.1, 0.15) is 0 Å². The van der Waals surface area contributed by atoms with E-state index in [2.05, 4.69) is 11.9 Å². The normalized spacial score (nSPS) is 9.79. The van der Waals surface area contributed by atoms with Crippen molar-refractivity contribution in [3.05, 3.63) is 30.6 Å². The van der Waals surface area contributed by atoms with E-state index in [-0.39, 0.29) is 0 Å². The highest BCUT2D eigenvalue weighted by atomic mass is 16.2. The van der Waals surface area contributed by atoms with Crippen molar-refractivity contribution in [3.8, 4) is 0 Å². The van der Waals surface area contributed by atoms with Gasteiger partial charge in [0.2, 0.25) is 0 Å². The molecule has 19 heavy (non-hydrogen) atoms. The fraction of sp³-hybridized carbons (Fsp3) is 0.706. The Morgan fingerprint density at radius 1 is 0.684 bits per heavy atom. The molecule has 2 heteroatoms. The second-order valence-electron chi connectivity index (χ2n) is 4.93. The van der Waals surface area contributed by atoms with Crippen LogP contribution in [0.25, 0.3) is 0 Å². The van der Waals surface area contributed by atoms with Gasteiger partial charge in [-0.3, -0.25) is 4.98 Å². The lowest BCUT2D eigenvalue weighted by atomic mass is 10.1. The predicted octanol–water partition coefficient (Wildman–Crippen LogP) is 4.98. The number of aliphatic hydroxyl groups is 1. The molecular weight excluding hydrogens is 234 g/mol. The molecule has 1 heterocycles. The quantitative estimate of drug-likeness (QED) is 0.605. The second kappa shape index (κ2) is 17.1. The van der Waals surface area contributed by atoms with E-state index in [0.717, 1.165) is 6.42 Å². The molecule has 110 valence electrons. The zero-order valence-electron chi connectivity index (χ0n) is 12.6. The molecule has 0 bridgehead atoms. The van der Waals surface area contributed by atoms with E-state index in [4.69, 9.17) is 5.11 Å². The lowest BCUT2D eigenvalue weighted by Crippen LogP contribution is -1.84. The summed E-state index contributed by atoms with van der Waals surface area (Å²) in [6, 6.07) is 5.72. The average molecular weight is 265 g/mol. The lowest BCUT2D eigenvalue weighted by molar-refractivity contribution is 0.282. The van der Waals surface area contributed by atoms with Gasteiger partial charge in [-0.1, -0.05) is 70.8 Å². The van der Waals surface area contributed by atoms with Crippen molar-refractivity contribution < 1.29 is 5.11 Å². The zero-order valence-corrected chi connectivity index (χ0v) is 12.6. The molecule has 1 rings (SSSR count). The smallest absolute Gasteiger partial charge is 0.0431 e. The molecule has 0 unspecified atom stereocenters. The van der Waals surface area contributed by atoms with Gasteiger partial charge in [-0.2, -0.15) is 0 Å². The molecule has 0 aliphatic carbocycles. The van der Waals surface area contributed by atoms with Gasteiger partial charge < -0.3 is 5.11 Å². The molecule has 2 nitrogen and oxygen atoms in total. The standard InChI is InChI=1S/C12H26O.C5H5N/c1-2-3-4-5-6-7-8-9-10-11-12-13;1-2-4-6-5-3-1/h13H,2-12H2,1H3;1-5H. The van der Waals surface area contributed by atoms with Crippen LogP contribution < -0.4 is 0 Å². The second-order valence-corrected chi connectivity index (χ2v) is 4.93. The highest BCUT2D eigenvalue weighted by molar-refractivity contribution is 4.88. The van der Waals surface area contributed by atoms with E-state index in [1.54, 1.807) is 12.4 Å². The largest absolute Gasteiger partial charge is 0.396 e. The maximum atomic E-state index is 8.57. The monoisotopic (exact) mass is 265 g/mol. The van der Waals surface area contributed by atoms with Crippen molar-refractivity contribution in [1.82, 2.24) is 4.98 Å². The van der Waals surface area contributed by atoms with Crippen molar-refractivity contribution in [1.29, 1.82) is 0 Å². The summed E-state index contributed by atoms with van der Waals surface area (Å²) in [6.45, 7) is 2.63. The molecule has 1 aromatic heterocycles. The fourth-order valence-corrected chi connectivity index (χ4v) is 1.91. The maximum absolute atomic E-state index is 8.57. The molecule has 0 spiro atoms. The lowest BCUT2D eigenvalue weighted by Gasteiger charge is -2.00. The van der Waals surface area contributed by atoms with Crippen LogP contribution in [0.3, 0.4) is 0 Å². The zero-order chi connectivity index (χ0) is 14.0. The van der Waals surface area contributed by atoms with Crippen LogP contribution in [0.4, 0.5) is 0 Å². The van der Waals surface area contributed by atoms with E-state index in [9.17, 15) is 0 Å². The first-order valence-corrected chi connectivity index (χ1v) is 7.87. The topological polar surface area (TPSA) is 33.1 Å². The van der Waals surface area contributed by atoms with Crippen molar-refractivity contribution >= 4 is 0 Å². The first kappa shape index (κ1) is 18.1. The molecule has 0 fully saturated rings.